The summed E-state index contributed by atoms with van der Waals surface area (Å²) in [4.78, 5) is 19.8. The molecule has 0 saturated carbocycles. The van der Waals surface area contributed by atoms with Gasteiger partial charge in [0.1, 0.15) is 28.8 Å². The number of nitrogens with one attached hydrogen (secondary N) is 1. The number of ketones is 1. The molecule has 192 valence electrons. The first-order chi connectivity index (χ1) is 17.0. The van der Waals surface area contributed by atoms with Crippen LogP contribution in [0.5, 0.6) is 11.5 Å². The standard InChI is InChI=1S/C23H28N4O3S.2C2H6/c1-4-27(5-2)13-14-30-18-11-9-17(10-12-18)25-23-26-22(24)21(31-23)20(28)16-7-6-8-19(15-16)29-3;2*1-2/h6-12,15H,4-5,13-14,24H2,1-3H3,(H,25,26);2*1-2H3. The second kappa shape index (κ2) is 16.5. The molecule has 0 aliphatic heterocycles. The lowest BCUT2D eigenvalue weighted by atomic mass is 10.1. The molecule has 0 saturated heterocycles. The van der Waals surface area contributed by atoms with Crippen LogP contribution >= 0.6 is 11.3 Å². The Morgan fingerprint density at radius 3 is 2.29 bits per heavy atom. The summed E-state index contributed by atoms with van der Waals surface area (Å²) >= 11 is 1.22. The number of aromatic nitrogens is 1. The van der Waals surface area contributed by atoms with Gasteiger partial charge in [0, 0.05) is 17.8 Å². The van der Waals surface area contributed by atoms with Crippen molar-refractivity contribution in [2.75, 3.05) is 44.4 Å². The molecule has 0 atom stereocenters. The maximum absolute atomic E-state index is 12.8. The summed E-state index contributed by atoms with van der Waals surface area (Å²) in [6, 6.07) is 14.6. The Morgan fingerprint density at radius 1 is 1.03 bits per heavy atom. The fraction of sp³-hybridized carbons (Fsp3) is 0.407. The molecule has 1 heterocycles. The number of rotatable bonds is 11. The van der Waals surface area contributed by atoms with E-state index in [1.807, 2.05) is 52.0 Å². The first kappa shape index (κ1) is 29.9. The van der Waals surface area contributed by atoms with Crippen LogP contribution in [-0.4, -0.2) is 49.0 Å². The molecule has 7 nitrogen and oxygen atoms in total. The maximum Gasteiger partial charge on any atom is 0.206 e. The van der Waals surface area contributed by atoms with E-state index < -0.39 is 0 Å². The van der Waals surface area contributed by atoms with Gasteiger partial charge >= 0.3 is 0 Å². The molecule has 0 spiro atoms. The minimum Gasteiger partial charge on any atom is -0.497 e. The molecular weight excluding hydrogens is 460 g/mol. The summed E-state index contributed by atoms with van der Waals surface area (Å²) in [6.45, 7) is 15.9. The Kier molecular flexibility index (Phi) is 14.1. The third-order valence-electron chi connectivity index (χ3n) is 4.87. The lowest BCUT2D eigenvalue weighted by Crippen LogP contribution is -2.27. The summed E-state index contributed by atoms with van der Waals surface area (Å²) in [5, 5.41) is 3.76. The highest BCUT2D eigenvalue weighted by Gasteiger charge is 2.18. The number of anilines is 3. The molecular formula is C27H40N4O3S. The van der Waals surface area contributed by atoms with Gasteiger partial charge in [0.05, 0.1) is 7.11 Å². The Balaban J connectivity index is 0.00000145. The first-order valence-electron chi connectivity index (χ1n) is 12.2. The van der Waals surface area contributed by atoms with Gasteiger partial charge in [-0.25, -0.2) is 4.98 Å². The van der Waals surface area contributed by atoms with Gasteiger partial charge in [-0.3, -0.25) is 4.79 Å². The van der Waals surface area contributed by atoms with Crippen LogP contribution in [0.2, 0.25) is 0 Å². The second-order valence-corrected chi connectivity index (χ2v) is 7.82. The van der Waals surface area contributed by atoms with Crippen molar-refractivity contribution in [3.8, 4) is 11.5 Å². The van der Waals surface area contributed by atoms with Gasteiger partial charge in [0.25, 0.3) is 0 Å². The SMILES string of the molecule is CC.CC.CCN(CC)CCOc1ccc(Nc2nc(N)c(C(=O)c3cccc(OC)c3)s2)cc1. The number of benzene rings is 2. The first-order valence-corrected chi connectivity index (χ1v) is 13.0. The molecule has 3 N–H and O–H groups in total. The monoisotopic (exact) mass is 500 g/mol. The number of nitrogen functional groups attached to an aromatic ring is 1. The van der Waals surface area contributed by atoms with Crippen molar-refractivity contribution in [2.45, 2.75) is 41.5 Å². The minimum atomic E-state index is -0.182. The molecule has 35 heavy (non-hydrogen) atoms. The van der Waals surface area contributed by atoms with Crippen LogP contribution < -0.4 is 20.5 Å². The van der Waals surface area contributed by atoms with Crippen molar-refractivity contribution in [3.63, 3.8) is 0 Å². The van der Waals surface area contributed by atoms with Gasteiger partial charge in [-0.05, 0) is 49.5 Å². The zero-order valence-electron chi connectivity index (χ0n) is 22.1. The van der Waals surface area contributed by atoms with E-state index in [1.54, 1.807) is 31.4 Å². The number of nitrogens with zero attached hydrogens (tertiary/aromatic N) is 2. The summed E-state index contributed by atoms with van der Waals surface area (Å²) in [5.41, 5.74) is 7.36. The molecule has 1 aromatic heterocycles. The van der Waals surface area contributed by atoms with Gasteiger partial charge in [0.15, 0.2) is 5.13 Å². The molecule has 0 aliphatic carbocycles. The summed E-state index contributed by atoms with van der Waals surface area (Å²) < 4.78 is 11.0. The summed E-state index contributed by atoms with van der Waals surface area (Å²) in [7, 11) is 1.56. The zero-order valence-corrected chi connectivity index (χ0v) is 22.9. The largest absolute Gasteiger partial charge is 0.497 e. The Bertz CT molecular complexity index is 1000. The molecule has 0 unspecified atom stereocenters. The van der Waals surface area contributed by atoms with Crippen LogP contribution in [0.3, 0.4) is 0 Å². The van der Waals surface area contributed by atoms with Gasteiger partial charge in [0.2, 0.25) is 5.78 Å². The van der Waals surface area contributed by atoms with E-state index in [9.17, 15) is 4.79 Å². The van der Waals surface area contributed by atoms with E-state index in [1.165, 1.54) is 11.3 Å². The molecule has 3 rings (SSSR count). The van der Waals surface area contributed by atoms with E-state index in [0.717, 1.165) is 31.1 Å². The fourth-order valence-electron chi connectivity index (χ4n) is 3.03. The van der Waals surface area contributed by atoms with E-state index in [2.05, 4.69) is 29.0 Å². The van der Waals surface area contributed by atoms with Crippen LogP contribution in [0.1, 0.15) is 56.8 Å². The van der Waals surface area contributed by atoms with Crippen LogP contribution in [0.4, 0.5) is 16.6 Å². The highest BCUT2D eigenvalue weighted by atomic mass is 32.1. The summed E-state index contributed by atoms with van der Waals surface area (Å²) in [5.74, 6) is 1.45. The van der Waals surface area contributed by atoms with E-state index >= 15 is 0 Å². The third-order valence-corrected chi connectivity index (χ3v) is 5.85. The predicted molar refractivity (Wildman–Crippen MR) is 149 cm³/mol. The number of thiazole rings is 1. The number of likely N-dealkylation sites (N-methyl/N-ethyl adjacent to an activating group) is 1. The lowest BCUT2D eigenvalue weighted by molar-refractivity contribution is 0.104. The van der Waals surface area contributed by atoms with Crippen molar-refractivity contribution < 1.29 is 14.3 Å². The normalized spacial score (nSPS) is 9.94. The van der Waals surface area contributed by atoms with E-state index in [0.29, 0.717) is 27.9 Å². The number of ether oxygens (including phenoxy) is 2. The molecule has 3 aromatic rings. The Morgan fingerprint density at radius 2 is 1.69 bits per heavy atom. The minimum absolute atomic E-state index is 0.182. The number of hydrogen-bond donors (Lipinski definition) is 2. The van der Waals surface area contributed by atoms with Gasteiger partial charge in [-0.15, -0.1) is 0 Å². The van der Waals surface area contributed by atoms with Crippen LogP contribution in [-0.2, 0) is 0 Å². The van der Waals surface area contributed by atoms with Crippen LogP contribution in [0, 0.1) is 0 Å². The Hall–Kier alpha value is -3.10. The van der Waals surface area contributed by atoms with Crippen molar-refractivity contribution in [1.29, 1.82) is 0 Å². The van der Waals surface area contributed by atoms with Crippen LogP contribution in [0.15, 0.2) is 48.5 Å². The van der Waals surface area contributed by atoms with Crippen molar-refractivity contribution >= 4 is 33.8 Å². The van der Waals surface area contributed by atoms with Crippen molar-refractivity contribution in [2.24, 2.45) is 0 Å². The van der Waals surface area contributed by atoms with Gasteiger partial charge in [-0.2, -0.15) is 0 Å². The molecule has 0 fully saturated rings. The van der Waals surface area contributed by atoms with Crippen LogP contribution in [0.25, 0.3) is 0 Å². The number of carbonyl (C=O) groups is 1. The van der Waals surface area contributed by atoms with Crippen molar-refractivity contribution in [1.82, 2.24) is 9.88 Å². The second-order valence-electron chi connectivity index (χ2n) is 6.82. The highest BCUT2D eigenvalue weighted by Crippen LogP contribution is 2.30. The molecule has 0 radical (unpaired) electrons. The number of methoxy groups -OCH3 is 1. The van der Waals surface area contributed by atoms with E-state index in [4.69, 9.17) is 15.2 Å². The summed E-state index contributed by atoms with van der Waals surface area (Å²) in [6.07, 6.45) is 0. The molecule has 2 aromatic carbocycles. The number of carbonyl (C=O) groups excluding carboxylic acids is 1. The topological polar surface area (TPSA) is 89.7 Å². The number of hydrogen-bond acceptors (Lipinski definition) is 8. The zero-order chi connectivity index (χ0) is 26.2. The lowest BCUT2D eigenvalue weighted by Gasteiger charge is -2.18. The average Bonchev–Trinajstić information content (AvgIpc) is 3.29. The Labute approximate surface area is 214 Å². The maximum atomic E-state index is 12.8. The quantitative estimate of drug-likeness (QED) is 0.291. The fourth-order valence-corrected chi connectivity index (χ4v) is 3.90. The predicted octanol–water partition coefficient (Wildman–Crippen LogP) is 6.48. The molecule has 8 heteroatoms. The molecule has 0 bridgehead atoms. The molecule has 0 aliphatic rings. The number of nitrogens with two attached hydrogens (primary N) is 1. The smallest absolute Gasteiger partial charge is 0.206 e. The third kappa shape index (κ3) is 9.22. The average molecular weight is 501 g/mol. The molecule has 0 amide bonds. The highest BCUT2D eigenvalue weighted by molar-refractivity contribution is 7.18. The van der Waals surface area contributed by atoms with Gasteiger partial charge < -0.3 is 25.4 Å². The van der Waals surface area contributed by atoms with Gasteiger partial charge in [-0.1, -0.05) is 65.0 Å². The van der Waals surface area contributed by atoms with Crippen molar-refractivity contribution in [3.05, 3.63) is 59.0 Å². The van der Waals surface area contributed by atoms with E-state index in [-0.39, 0.29) is 11.6 Å².